The molecule has 0 saturated carbocycles. The predicted octanol–water partition coefficient (Wildman–Crippen LogP) is 3.21. The van der Waals surface area contributed by atoms with Crippen LogP contribution in [0.1, 0.15) is 20.8 Å². The summed E-state index contributed by atoms with van der Waals surface area (Å²) in [5, 5.41) is 0. The van der Waals surface area contributed by atoms with Crippen molar-refractivity contribution in [1.82, 2.24) is 0 Å². The standard InChI is InChI=1S/C12H16O/c1-4-7-11(2)8-5-6-9-12(3)10-13/h4-10H,1-3H3. The van der Waals surface area contributed by atoms with E-state index in [2.05, 4.69) is 0 Å². The summed E-state index contributed by atoms with van der Waals surface area (Å²) in [7, 11) is 0. The topological polar surface area (TPSA) is 17.1 Å². The van der Waals surface area contributed by atoms with Gasteiger partial charge in [0.15, 0.2) is 0 Å². The second-order valence-electron chi connectivity index (χ2n) is 2.82. The summed E-state index contributed by atoms with van der Waals surface area (Å²) < 4.78 is 0. The minimum Gasteiger partial charge on any atom is -0.298 e. The summed E-state index contributed by atoms with van der Waals surface area (Å²) in [6.45, 7) is 5.79. The lowest BCUT2D eigenvalue weighted by atomic mass is 10.2. The van der Waals surface area contributed by atoms with Gasteiger partial charge in [-0.05, 0) is 26.3 Å². The SMILES string of the molecule is CC=CC(C)=CC=CC=C(C)C=O. The lowest BCUT2D eigenvalue weighted by Crippen LogP contribution is -1.72. The van der Waals surface area contributed by atoms with Crippen LogP contribution in [0.25, 0.3) is 0 Å². The molecule has 1 nitrogen and oxygen atoms in total. The predicted molar refractivity (Wildman–Crippen MR) is 57.5 cm³/mol. The molecule has 1 heteroatoms. The fraction of sp³-hybridized carbons (Fsp3) is 0.250. The van der Waals surface area contributed by atoms with Gasteiger partial charge in [0.2, 0.25) is 0 Å². The van der Waals surface area contributed by atoms with E-state index < -0.39 is 0 Å². The van der Waals surface area contributed by atoms with Crippen molar-refractivity contribution in [1.29, 1.82) is 0 Å². The molecule has 13 heavy (non-hydrogen) atoms. The lowest BCUT2D eigenvalue weighted by molar-refractivity contribution is -0.104. The van der Waals surface area contributed by atoms with Gasteiger partial charge in [-0.2, -0.15) is 0 Å². The molecule has 0 atom stereocenters. The summed E-state index contributed by atoms with van der Waals surface area (Å²) in [4.78, 5) is 10.2. The molecule has 0 heterocycles. The van der Waals surface area contributed by atoms with E-state index in [0.717, 1.165) is 11.9 Å². The molecule has 0 rings (SSSR count). The Bertz CT molecular complexity index is 265. The van der Waals surface area contributed by atoms with Crippen LogP contribution in [-0.4, -0.2) is 6.29 Å². The van der Waals surface area contributed by atoms with Crippen LogP contribution in [0.2, 0.25) is 0 Å². The zero-order valence-corrected chi connectivity index (χ0v) is 8.45. The van der Waals surface area contributed by atoms with Crippen molar-refractivity contribution in [2.24, 2.45) is 0 Å². The van der Waals surface area contributed by atoms with Crippen LogP contribution in [0, 0.1) is 0 Å². The Hall–Kier alpha value is -1.37. The van der Waals surface area contributed by atoms with E-state index in [4.69, 9.17) is 0 Å². The second kappa shape index (κ2) is 7.29. The van der Waals surface area contributed by atoms with Crippen LogP contribution in [0.15, 0.2) is 47.6 Å². The van der Waals surface area contributed by atoms with Crippen LogP contribution in [0.5, 0.6) is 0 Å². The van der Waals surface area contributed by atoms with Gasteiger partial charge in [0.25, 0.3) is 0 Å². The Labute approximate surface area is 80.2 Å². The Kier molecular flexibility index (Phi) is 6.52. The molecule has 0 bridgehead atoms. The third-order valence-corrected chi connectivity index (χ3v) is 1.44. The maximum absolute atomic E-state index is 10.2. The molecule has 0 aliphatic carbocycles. The number of rotatable bonds is 4. The minimum atomic E-state index is 0.730. The summed E-state index contributed by atoms with van der Waals surface area (Å²) in [6, 6.07) is 0. The first-order chi connectivity index (χ1) is 6.20. The summed E-state index contributed by atoms with van der Waals surface area (Å²) in [5.41, 5.74) is 1.92. The molecular weight excluding hydrogens is 160 g/mol. The molecule has 0 radical (unpaired) electrons. The third kappa shape index (κ3) is 7.01. The average molecular weight is 176 g/mol. The van der Waals surface area contributed by atoms with Gasteiger partial charge in [-0.3, -0.25) is 4.79 Å². The van der Waals surface area contributed by atoms with Crippen molar-refractivity contribution in [2.75, 3.05) is 0 Å². The van der Waals surface area contributed by atoms with Crippen LogP contribution in [0.4, 0.5) is 0 Å². The van der Waals surface area contributed by atoms with E-state index in [1.165, 1.54) is 5.57 Å². The maximum atomic E-state index is 10.2. The summed E-state index contributed by atoms with van der Waals surface area (Å²) >= 11 is 0. The van der Waals surface area contributed by atoms with Crippen LogP contribution in [-0.2, 0) is 4.79 Å². The average Bonchev–Trinajstić information content (AvgIpc) is 2.12. The fourth-order valence-corrected chi connectivity index (χ4v) is 0.772. The van der Waals surface area contributed by atoms with Gasteiger partial charge >= 0.3 is 0 Å². The van der Waals surface area contributed by atoms with Crippen molar-refractivity contribution in [2.45, 2.75) is 20.8 Å². The van der Waals surface area contributed by atoms with E-state index in [1.807, 2.05) is 44.2 Å². The summed E-state index contributed by atoms with van der Waals surface area (Å²) in [6.07, 6.45) is 12.4. The van der Waals surface area contributed by atoms with E-state index in [9.17, 15) is 4.79 Å². The monoisotopic (exact) mass is 176 g/mol. The van der Waals surface area contributed by atoms with E-state index in [-0.39, 0.29) is 0 Å². The van der Waals surface area contributed by atoms with E-state index >= 15 is 0 Å². The number of carbonyl (C=O) groups is 1. The van der Waals surface area contributed by atoms with Crippen LogP contribution < -0.4 is 0 Å². The Morgan fingerprint density at radius 2 is 1.54 bits per heavy atom. The lowest BCUT2D eigenvalue weighted by Gasteiger charge is -1.85. The van der Waals surface area contributed by atoms with Crippen molar-refractivity contribution in [3.8, 4) is 0 Å². The van der Waals surface area contributed by atoms with Crippen molar-refractivity contribution in [3.63, 3.8) is 0 Å². The van der Waals surface area contributed by atoms with Gasteiger partial charge in [0.05, 0.1) is 0 Å². The Morgan fingerprint density at radius 3 is 2.00 bits per heavy atom. The largest absolute Gasteiger partial charge is 0.298 e. The van der Waals surface area contributed by atoms with Gasteiger partial charge in [-0.25, -0.2) is 0 Å². The fourth-order valence-electron chi connectivity index (χ4n) is 0.772. The molecule has 70 valence electrons. The number of hydrogen-bond acceptors (Lipinski definition) is 1. The van der Waals surface area contributed by atoms with Crippen molar-refractivity contribution >= 4 is 6.29 Å². The third-order valence-electron chi connectivity index (χ3n) is 1.44. The highest BCUT2D eigenvalue weighted by molar-refractivity contribution is 5.72. The van der Waals surface area contributed by atoms with Gasteiger partial charge in [0, 0.05) is 0 Å². The van der Waals surface area contributed by atoms with E-state index in [0.29, 0.717) is 0 Å². The van der Waals surface area contributed by atoms with Crippen LogP contribution in [0.3, 0.4) is 0 Å². The highest BCUT2D eigenvalue weighted by Gasteiger charge is 1.78. The number of aldehydes is 1. The highest BCUT2D eigenvalue weighted by atomic mass is 16.1. The number of allylic oxidation sites excluding steroid dienone is 8. The minimum absolute atomic E-state index is 0.730. The number of hydrogen-bond donors (Lipinski definition) is 0. The Morgan fingerprint density at radius 1 is 1.00 bits per heavy atom. The molecule has 0 N–H and O–H groups in total. The van der Waals surface area contributed by atoms with Crippen LogP contribution >= 0.6 is 0 Å². The molecule has 0 aromatic carbocycles. The first kappa shape index (κ1) is 11.6. The normalized spacial score (nSPS) is 14.4. The van der Waals surface area contributed by atoms with E-state index in [1.54, 1.807) is 13.0 Å². The van der Waals surface area contributed by atoms with Gasteiger partial charge < -0.3 is 0 Å². The van der Waals surface area contributed by atoms with Gasteiger partial charge in [0.1, 0.15) is 6.29 Å². The Balaban J connectivity index is 4.15. The van der Waals surface area contributed by atoms with Crippen molar-refractivity contribution in [3.05, 3.63) is 47.6 Å². The smallest absolute Gasteiger partial charge is 0.145 e. The zero-order valence-electron chi connectivity index (χ0n) is 8.45. The molecule has 0 fully saturated rings. The van der Waals surface area contributed by atoms with Gasteiger partial charge in [-0.1, -0.05) is 42.0 Å². The highest BCUT2D eigenvalue weighted by Crippen LogP contribution is 1.95. The first-order valence-electron chi connectivity index (χ1n) is 4.30. The maximum Gasteiger partial charge on any atom is 0.145 e. The summed E-state index contributed by atoms with van der Waals surface area (Å²) in [5.74, 6) is 0. The quantitative estimate of drug-likeness (QED) is 0.365. The van der Waals surface area contributed by atoms with Crippen molar-refractivity contribution < 1.29 is 4.79 Å². The molecule has 0 aromatic heterocycles. The molecule has 0 spiro atoms. The molecule has 0 amide bonds. The molecule has 0 unspecified atom stereocenters. The molecule has 0 aliphatic rings. The molecule has 0 saturated heterocycles. The number of carbonyl (C=O) groups excluding carboxylic acids is 1. The molecular formula is C12H16O. The zero-order chi connectivity index (χ0) is 10.1. The first-order valence-corrected chi connectivity index (χ1v) is 4.30. The molecule has 0 aromatic rings. The van der Waals surface area contributed by atoms with Gasteiger partial charge in [-0.15, -0.1) is 0 Å². The molecule has 0 aliphatic heterocycles. The second-order valence-corrected chi connectivity index (χ2v) is 2.82.